The second-order valence-electron chi connectivity index (χ2n) is 0.268. The van der Waals surface area contributed by atoms with Gasteiger partial charge in [-0.05, 0) is 0 Å². The predicted octanol–water partition coefficient (Wildman–Crippen LogP) is -2.43. The van der Waals surface area contributed by atoms with Gasteiger partial charge < -0.3 is 0 Å². The summed E-state index contributed by atoms with van der Waals surface area (Å²) in [7, 11) is 0. The zero-order valence-electron chi connectivity index (χ0n) is 2.79. The summed E-state index contributed by atoms with van der Waals surface area (Å²) in [5, 5.41) is 0. The fourth-order valence-electron chi connectivity index (χ4n) is 0. The maximum Gasteiger partial charge on any atom is 0 e. The largest absolute Gasteiger partial charge is 0 e. The summed E-state index contributed by atoms with van der Waals surface area (Å²) in [6.07, 6.45) is 0. The van der Waals surface area contributed by atoms with Crippen LogP contribution in [0.2, 0.25) is 0 Å². The van der Waals surface area contributed by atoms with E-state index in [4.69, 9.17) is 12.3 Å². The van der Waals surface area contributed by atoms with E-state index in [0.717, 1.165) is 0 Å². The molecule has 0 atom stereocenters. The van der Waals surface area contributed by atoms with Gasteiger partial charge in [0.1, 0.15) is 0 Å². The fraction of sp³-hybridized carbons (Fsp3) is 0. The molecule has 0 amide bonds. The van der Waals surface area contributed by atoms with E-state index >= 15 is 0 Å². The summed E-state index contributed by atoms with van der Waals surface area (Å²) in [5.74, 6) is 0. The molecule has 27 valence electrons. The fourth-order valence-corrected chi connectivity index (χ4v) is 0. The normalized spacial score (nSPS) is 7.20. The Balaban J connectivity index is 0. The van der Waals surface area contributed by atoms with E-state index in [2.05, 4.69) is 0 Å². The summed E-state index contributed by atoms with van der Waals surface area (Å²) >= 11 is -3.19. The molecule has 0 aliphatic heterocycles. The SMILES string of the molecule is O[As](O)O.[Li]. The molecule has 1 radical (unpaired) electrons. The second kappa shape index (κ2) is 5.04. The molecule has 0 aliphatic rings. The Morgan fingerprint density at radius 3 is 1.00 bits per heavy atom. The minimum atomic E-state index is -3.19. The minimum Gasteiger partial charge on any atom is 0 e. The number of hydrogen-bond donors (Lipinski definition) is 3. The van der Waals surface area contributed by atoms with Crippen LogP contribution in [-0.4, -0.2) is 46.8 Å². The maximum atomic E-state index is 7.31. The van der Waals surface area contributed by atoms with Gasteiger partial charge in [0.15, 0.2) is 0 Å². The molecule has 0 bridgehead atoms. The summed E-state index contributed by atoms with van der Waals surface area (Å²) in [4.78, 5) is 0. The quantitative estimate of drug-likeness (QED) is 0.322. The van der Waals surface area contributed by atoms with Crippen molar-refractivity contribution in [3.05, 3.63) is 0 Å². The van der Waals surface area contributed by atoms with Crippen LogP contribution in [0.15, 0.2) is 0 Å². The minimum absolute atomic E-state index is 0. The van der Waals surface area contributed by atoms with Gasteiger partial charge in [-0.3, -0.25) is 0 Å². The Morgan fingerprint density at radius 1 is 1.00 bits per heavy atom. The van der Waals surface area contributed by atoms with Crippen molar-refractivity contribution in [1.82, 2.24) is 0 Å². The molecule has 0 aliphatic carbocycles. The average Bonchev–Trinajstić information content (AvgIpc) is 0.811. The first kappa shape index (κ1) is 9.40. The molecular formula is H3AsLiO3. The van der Waals surface area contributed by atoms with E-state index in [9.17, 15) is 0 Å². The van der Waals surface area contributed by atoms with Gasteiger partial charge >= 0.3 is 28.0 Å². The van der Waals surface area contributed by atoms with Crippen molar-refractivity contribution < 1.29 is 12.3 Å². The molecule has 5 heavy (non-hydrogen) atoms. The molecule has 3 nitrogen and oxygen atoms in total. The predicted molar refractivity (Wildman–Crippen MR) is 18.2 cm³/mol. The molecule has 0 saturated carbocycles. The molecule has 0 spiro atoms. The van der Waals surface area contributed by atoms with Crippen molar-refractivity contribution in [2.24, 2.45) is 0 Å². The van der Waals surface area contributed by atoms with Crippen LogP contribution in [0, 0.1) is 0 Å². The van der Waals surface area contributed by atoms with Crippen LogP contribution in [-0.2, 0) is 0 Å². The molecule has 0 rings (SSSR count). The summed E-state index contributed by atoms with van der Waals surface area (Å²) < 4.78 is 21.9. The molecule has 0 fully saturated rings. The van der Waals surface area contributed by atoms with Gasteiger partial charge in [-0.1, -0.05) is 0 Å². The zero-order valence-corrected chi connectivity index (χ0v) is 4.67. The van der Waals surface area contributed by atoms with Gasteiger partial charge in [0.25, 0.3) is 0 Å². The molecule has 0 aromatic heterocycles. The third-order valence-electron chi connectivity index (χ3n) is 0. The Morgan fingerprint density at radius 2 is 1.00 bits per heavy atom. The Labute approximate surface area is 47.1 Å². The first-order chi connectivity index (χ1) is 1.73. The van der Waals surface area contributed by atoms with Crippen LogP contribution in [0.5, 0.6) is 0 Å². The van der Waals surface area contributed by atoms with Crippen LogP contribution in [0.25, 0.3) is 0 Å². The first-order valence-electron chi connectivity index (χ1n) is 0.600. The van der Waals surface area contributed by atoms with Crippen molar-refractivity contribution >= 4 is 34.5 Å². The van der Waals surface area contributed by atoms with Crippen LogP contribution in [0.1, 0.15) is 0 Å². The van der Waals surface area contributed by atoms with E-state index in [0.29, 0.717) is 0 Å². The Bertz CT molecular complexity index is 11.6. The van der Waals surface area contributed by atoms with E-state index < -0.39 is 15.7 Å². The van der Waals surface area contributed by atoms with Gasteiger partial charge in [0.2, 0.25) is 0 Å². The van der Waals surface area contributed by atoms with Crippen LogP contribution < -0.4 is 0 Å². The third kappa shape index (κ3) is 43.3. The van der Waals surface area contributed by atoms with Crippen LogP contribution >= 0.6 is 0 Å². The summed E-state index contributed by atoms with van der Waals surface area (Å²) in [6, 6.07) is 0. The summed E-state index contributed by atoms with van der Waals surface area (Å²) in [5.41, 5.74) is 0. The monoisotopic (exact) mass is 133 g/mol. The Hall–Kier alpha value is 1.04. The smallest absolute Gasteiger partial charge is 0 e. The Kier molecular flexibility index (Phi) is 9.46. The molecule has 3 N–H and O–H groups in total. The van der Waals surface area contributed by atoms with E-state index in [1.54, 1.807) is 0 Å². The topological polar surface area (TPSA) is 60.7 Å². The van der Waals surface area contributed by atoms with Crippen LogP contribution in [0.3, 0.4) is 0 Å². The third-order valence-corrected chi connectivity index (χ3v) is 0. The maximum absolute atomic E-state index is 7.31. The van der Waals surface area contributed by atoms with Crippen LogP contribution in [0.4, 0.5) is 0 Å². The second-order valence-corrected chi connectivity index (χ2v) is 1.39. The molecule has 5 heteroatoms. The van der Waals surface area contributed by atoms with E-state index in [-0.39, 0.29) is 18.9 Å². The van der Waals surface area contributed by atoms with Crippen molar-refractivity contribution in [2.45, 2.75) is 0 Å². The van der Waals surface area contributed by atoms with Gasteiger partial charge in [-0.2, -0.15) is 0 Å². The van der Waals surface area contributed by atoms with Gasteiger partial charge in [0.05, 0.1) is 0 Å². The zero-order chi connectivity index (χ0) is 3.58. The van der Waals surface area contributed by atoms with Crippen molar-refractivity contribution in [3.63, 3.8) is 0 Å². The van der Waals surface area contributed by atoms with Gasteiger partial charge in [-0.15, -0.1) is 0 Å². The molecule has 0 unspecified atom stereocenters. The van der Waals surface area contributed by atoms with Crippen molar-refractivity contribution in [3.8, 4) is 0 Å². The number of rotatable bonds is 0. The van der Waals surface area contributed by atoms with Gasteiger partial charge in [0, 0.05) is 18.9 Å². The average molecular weight is 133 g/mol. The van der Waals surface area contributed by atoms with E-state index in [1.807, 2.05) is 0 Å². The molecule has 0 aromatic rings. The summed E-state index contributed by atoms with van der Waals surface area (Å²) in [6.45, 7) is 0. The van der Waals surface area contributed by atoms with Gasteiger partial charge in [-0.25, -0.2) is 0 Å². The molecule has 0 heterocycles. The molecule has 0 aromatic carbocycles. The van der Waals surface area contributed by atoms with Crippen molar-refractivity contribution in [2.75, 3.05) is 0 Å². The number of hydrogen-bond acceptors (Lipinski definition) is 3. The standard InChI is InChI=1S/AsH3O3.Li/c2-1(3)4;/h2-4H;. The molecule has 0 saturated heterocycles. The molecular weight excluding hydrogens is 130 g/mol. The first-order valence-corrected chi connectivity index (χ1v) is 3.12. The van der Waals surface area contributed by atoms with Crippen molar-refractivity contribution in [1.29, 1.82) is 0 Å². The van der Waals surface area contributed by atoms with E-state index in [1.165, 1.54) is 0 Å².